The second-order valence-corrected chi connectivity index (χ2v) is 7.74. The Morgan fingerprint density at radius 2 is 1.77 bits per heavy atom. The van der Waals surface area contributed by atoms with E-state index in [1.807, 2.05) is 22.8 Å². The summed E-state index contributed by atoms with van der Waals surface area (Å²) >= 11 is 5.96. The standard InChI is InChI=1S/C20H27ClN2O3/c1-14-13-17(21)5-6-18(14)26-15(2)19(24)23-11-7-16(8-12-23)20(25)22-9-3-4-10-22/h5-6,13,15-16H,3-4,7-12H2,1-2H3. The van der Waals surface area contributed by atoms with Gasteiger partial charge < -0.3 is 14.5 Å². The largest absolute Gasteiger partial charge is 0.481 e. The SMILES string of the molecule is Cc1cc(Cl)ccc1OC(C)C(=O)N1CCC(C(=O)N2CCCC2)CC1. The van der Waals surface area contributed by atoms with Gasteiger partial charge in [0.25, 0.3) is 5.91 Å². The maximum atomic E-state index is 12.7. The van der Waals surface area contributed by atoms with Gasteiger partial charge in [0.2, 0.25) is 5.91 Å². The van der Waals surface area contributed by atoms with Crippen molar-refractivity contribution in [3.05, 3.63) is 28.8 Å². The van der Waals surface area contributed by atoms with Crippen LogP contribution in [-0.2, 0) is 9.59 Å². The lowest BCUT2D eigenvalue weighted by Gasteiger charge is -2.34. The molecule has 2 amide bonds. The third-order valence-electron chi connectivity index (χ3n) is 5.36. The minimum atomic E-state index is -0.555. The Morgan fingerprint density at radius 3 is 2.38 bits per heavy atom. The maximum absolute atomic E-state index is 12.7. The maximum Gasteiger partial charge on any atom is 0.263 e. The molecule has 142 valence electrons. The van der Waals surface area contributed by atoms with E-state index in [1.54, 1.807) is 19.1 Å². The first-order valence-electron chi connectivity index (χ1n) is 9.46. The molecule has 5 nitrogen and oxygen atoms in total. The molecule has 2 saturated heterocycles. The van der Waals surface area contributed by atoms with Gasteiger partial charge in [0, 0.05) is 37.1 Å². The molecule has 0 aliphatic carbocycles. The van der Waals surface area contributed by atoms with E-state index in [9.17, 15) is 9.59 Å². The minimum absolute atomic E-state index is 0.0218. The van der Waals surface area contributed by atoms with Crippen LogP contribution in [0.3, 0.4) is 0 Å². The van der Waals surface area contributed by atoms with Crippen LogP contribution in [0.2, 0.25) is 5.02 Å². The molecule has 0 saturated carbocycles. The van der Waals surface area contributed by atoms with E-state index in [-0.39, 0.29) is 17.7 Å². The Kier molecular flexibility index (Phi) is 6.07. The van der Waals surface area contributed by atoms with Crippen LogP contribution in [0.5, 0.6) is 5.75 Å². The fourth-order valence-corrected chi connectivity index (χ4v) is 4.01. The van der Waals surface area contributed by atoms with Crippen molar-refractivity contribution >= 4 is 23.4 Å². The zero-order valence-corrected chi connectivity index (χ0v) is 16.3. The van der Waals surface area contributed by atoms with Crippen LogP contribution in [0.1, 0.15) is 38.2 Å². The fraction of sp³-hybridized carbons (Fsp3) is 0.600. The van der Waals surface area contributed by atoms with E-state index in [2.05, 4.69) is 0 Å². The Labute approximate surface area is 160 Å². The smallest absolute Gasteiger partial charge is 0.263 e. The lowest BCUT2D eigenvalue weighted by Crippen LogP contribution is -2.47. The van der Waals surface area contributed by atoms with E-state index in [1.165, 1.54) is 0 Å². The van der Waals surface area contributed by atoms with Crippen LogP contribution in [0.4, 0.5) is 0 Å². The van der Waals surface area contributed by atoms with Gasteiger partial charge >= 0.3 is 0 Å². The zero-order valence-electron chi connectivity index (χ0n) is 15.5. The molecule has 0 spiro atoms. The van der Waals surface area contributed by atoms with Crippen LogP contribution in [0.15, 0.2) is 18.2 Å². The average Bonchev–Trinajstić information content (AvgIpc) is 3.17. The molecule has 1 aromatic carbocycles. The number of nitrogens with zero attached hydrogens (tertiary/aromatic N) is 2. The number of halogens is 1. The number of carbonyl (C=O) groups is 2. The van der Waals surface area contributed by atoms with Crippen LogP contribution < -0.4 is 4.74 Å². The predicted molar refractivity (Wildman–Crippen MR) is 101 cm³/mol. The van der Waals surface area contributed by atoms with Gasteiger partial charge in [-0.3, -0.25) is 9.59 Å². The van der Waals surface area contributed by atoms with Crippen LogP contribution >= 0.6 is 11.6 Å². The summed E-state index contributed by atoms with van der Waals surface area (Å²) in [5.74, 6) is 0.989. The number of piperidine rings is 1. The van der Waals surface area contributed by atoms with Gasteiger partial charge in [0.1, 0.15) is 5.75 Å². The van der Waals surface area contributed by atoms with Crippen molar-refractivity contribution in [2.75, 3.05) is 26.2 Å². The molecule has 0 N–H and O–H groups in total. The third kappa shape index (κ3) is 4.32. The number of rotatable bonds is 4. The number of benzene rings is 1. The first kappa shape index (κ1) is 19.0. The van der Waals surface area contributed by atoms with Crippen molar-refractivity contribution in [1.29, 1.82) is 0 Å². The summed E-state index contributed by atoms with van der Waals surface area (Å²) in [5.41, 5.74) is 0.909. The normalized spacial score (nSPS) is 19.5. The highest BCUT2D eigenvalue weighted by molar-refractivity contribution is 6.30. The third-order valence-corrected chi connectivity index (χ3v) is 5.60. The number of hydrogen-bond acceptors (Lipinski definition) is 3. The Bertz CT molecular complexity index is 665. The summed E-state index contributed by atoms with van der Waals surface area (Å²) in [4.78, 5) is 29.0. The van der Waals surface area contributed by atoms with Gasteiger partial charge in [0.15, 0.2) is 6.10 Å². The topological polar surface area (TPSA) is 49.9 Å². The molecule has 26 heavy (non-hydrogen) atoms. The molecular weight excluding hydrogens is 352 g/mol. The minimum Gasteiger partial charge on any atom is -0.481 e. The second kappa shape index (κ2) is 8.30. The van der Waals surface area contributed by atoms with Crippen molar-refractivity contribution in [1.82, 2.24) is 9.80 Å². The highest BCUT2D eigenvalue weighted by atomic mass is 35.5. The number of hydrogen-bond donors (Lipinski definition) is 0. The molecule has 0 radical (unpaired) electrons. The summed E-state index contributed by atoms with van der Waals surface area (Å²) in [7, 11) is 0. The summed E-state index contributed by atoms with van der Waals surface area (Å²) in [6.45, 7) is 6.71. The molecule has 1 unspecified atom stereocenters. The van der Waals surface area contributed by atoms with Gasteiger partial charge in [-0.15, -0.1) is 0 Å². The first-order chi connectivity index (χ1) is 12.5. The summed E-state index contributed by atoms with van der Waals surface area (Å²) in [6, 6.07) is 5.38. The number of aryl methyl sites for hydroxylation is 1. The Balaban J connectivity index is 1.51. The molecule has 1 aromatic rings. The second-order valence-electron chi connectivity index (χ2n) is 7.30. The van der Waals surface area contributed by atoms with Gasteiger partial charge in [-0.05, 0) is 63.3 Å². The summed E-state index contributed by atoms with van der Waals surface area (Å²) < 4.78 is 5.85. The predicted octanol–water partition coefficient (Wildman–Crippen LogP) is 3.28. The number of amides is 2. The van der Waals surface area contributed by atoms with Crippen LogP contribution in [0.25, 0.3) is 0 Å². The molecule has 0 bridgehead atoms. The van der Waals surface area contributed by atoms with E-state index >= 15 is 0 Å². The van der Waals surface area contributed by atoms with Gasteiger partial charge in [0.05, 0.1) is 0 Å². The molecule has 6 heteroatoms. The lowest BCUT2D eigenvalue weighted by molar-refractivity contribution is -0.143. The van der Waals surface area contributed by atoms with Gasteiger partial charge in [-0.2, -0.15) is 0 Å². The quantitative estimate of drug-likeness (QED) is 0.807. The summed E-state index contributed by atoms with van der Waals surface area (Å²) in [6.07, 6.45) is 3.16. The Hall–Kier alpha value is -1.75. The molecule has 2 aliphatic rings. The molecule has 2 aliphatic heterocycles. The van der Waals surface area contributed by atoms with E-state index < -0.39 is 6.10 Å². The zero-order chi connectivity index (χ0) is 18.7. The number of carbonyl (C=O) groups excluding carboxylic acids is 2. The number of likely N-dealkylation sites (tertiary alicyclic amines) is 2. The first-order valence-corrected chi connectivity index (χ1v) is 9.84. The number of ether oxygens (including phenoxy) is 1. The van der Waals surface area contributed by atoms with Gasteiger partial charge in [-0.25, -0.2) is 0 Å². The van der Waals surface area contributed by atoms with E-state index in [0.29, 0.717) is 23.9 Å². The summed E-state index contributed by atoms with van der Waals surface area (Å²) in [5, 5.41) is 0.651. The molecule has 3 rings (SSSR count). The van der Waals surface area contributed by atoms with Crippen molar-refractivity contribution in [2.24, 2.45) is 5.92 Å². The lowest BCUT2D eigenvalue weighted by atomic mass is 9.95. The molecular formula is C20H27ClN2O3. The monoisotopic (exact) mass is 378 g/mol. The van der Waals surface area contributed by atoms with Gasteiger partial charge in [-0.1, -0.05) is 11.6 Å². The van der Waals surface area contributed by atoms with E-state index in [4.69, 9.17) is 16.3 Å². The van der Waals surface area contributed by atoms with Crippen LogP contribution in [-0.4, -0.2) is 53.9 Å². The average molecular weight is 379 g/mol. The van der Waals surface area contributed by atoms with Crippen molar-refractivity contribution in [3.8, 4) is 5.75 Å². The molecule has 2 fully saturated rings. The van der Waals surface area contributed by atoms with Crippen LogP contribution in [0, 0.1) is 12.8 Å². The molecule has 2 heterocycles. The van der Waals surface area contributed by atoms with Crippen molar-refractivity contribution in [3.63, 3.8) is 0 Å². The highest BCUT2D eigenvalue weighted by Gasteiger charge is 2.32. The van der Waals surface area contributed by atoms with E-state index in [0.717, 1.165) is 44.3 Å². The molecule has 0 aromatic heterocycles. The highest BCUT2D eigenvalue weighted by Crippen LogP contribution is 2.25. The van der Waals surface area contributed by atoms with Crippen molar-refractivity contribution in [2.45, 2.75) is 45.6 Å². The van der Waals surface area contributed by atoms with Crippen molar-refractivity contribution < 1.29 is 14.3 Å². The Morgan fingerprint density at radius 1 is 1.12 bits per heavy atom. The molecule has 1 atom stereocenters. The fourth-order valence-electron chi connectivity index (χ4n) is 3.79.